The maximum atomic E-state index is 12.2. The zero-order chi connectivity index (χ0) is 13.2. The van der Waals surface area contributed by atoms with Crippen LogP contribution in [0.4, 0.5) is 13.2 Å². The van der Waals surface area contributed by atoms with Crippen molar-refractivity contribution in [2.45, 2.75) is 19.2 Å². The Kier molecular flexibility index (Phi) is 3.97. The highest BCUT2D eigenvalue weighted by atomic mass is 79.9. The van der Waals surface area contributed by atoms with Gasteiger partial charge in [0.05, 0.1) is 4.47 Å². The lowest BCUT2D eigenvalue weighted by Crippen LogP contribution is -2.31. The van der Waals surface area contributed by atoms with Crippen LogP contribution in [0.5, 0.6) is 5.88 Å². The molecule has 0 saturated heterocycles. The smallest absolute Gasteiger partial charge is 0.425 e. The lowest BCUT2D eigenvalue weighted by atomic mass is 10.3. The quantitative estimate of drug-likeness (QED) is 0.932. The Morgan fingerprint density at radius 3 is 2.59 bits per heavy atom. The van der Waals surface area contributed by atoms with E-state index in [0.717, 1.165) is 13.0 Å². The number of hydrogen-bond acceptors (Lipinski definition) is 3. The van der Waals surface area contributed by atoms with Crippen LogP contribution in [0.3, 0.4) is 0 Å². The lowest BCUT2D eigenvalue weighted by molar-refractivity contribution is -0.190. The molecule has 8 heteroatoms. The highest BCUT2D eigenvalue weighted by molar-refractivity contribution is 9.10. The zero-order valence-corrected chi connectivity index (χ0v) is 10.0. The Labute approximate surface area is 103 Å². The first-order chi connectivity index (χ1) is 7.71. The zero-order valence-electron chi connectivity index (χ0n) is 8.45. The molecule has 0 radical (unpaired) electrons. The molecule has 0 aromatic carbocycles. The summed E-state index contributed by atoms with van der Waals surface area (Å²) in [5, 5.41) is 8.64. The number of hydrogen-bond donors (Lipinski definition) is 1. The van der Waals surface area contributed by atoms with E-state index in [-0.39, 0.29) is 4.47 Å². The summed E-state index contributed by atoms with van der Waals surface area (Å²) >= 11 is 2.93. The molecule has 17 heavy (non-hydrogen) atoms. The minimum atomic E-state index is -4.54. The van der Waals surface area contributed by atoms with Crippen molar-refractivity contribution in [1.82, 2.24) is 4.98 Å². The van der Waals surface area contributed by atoms with Crippen molar-refractivity contribution in [3.05, 3.63) is 22.3 Å². The number of carboxylic acid groups (broad SMARTS) is 1. The van der Waals surface area contributed by atoms with Gasteiger partial charge in [-0.3, -0.25) is 0 Å². The molecule has 1 atom stereocenters. The number of ether oxygens (including phenoxy) is 1. The van der Waals surface area contributed by atoms with Crippen molar-refractivity contribution >= 4 is 21.9 Å². The second-order valence-electron chi connectivity index (χ2n) is 3.09. The standard InChI is InChI=1S/C9H7BrF3NO3/c1-4(9(11,12)13)17-7-5(10)2-3-6(14-7)8(15)16/h2-4H,1H3,(H,15,16). The molecule has 0 saturated carbocycles. The molecule has 94 valence electrons. The topological polar surface area (TPSA) is 59.4 Å². The first-order valence-corrected chi connectivity index (χ1v) is 5.14. The largest absolute Gasteiger partial charge is 0.477 e. The Balaban J connectivity index is 2.98. The predicted molar refractivity (Wildman–Crippen MR) is 55.0 cm³/mol. The van der Waals surface area contributed by atoms with E-state index in [1.807, 2.05) is 0 Å². The minimum Gasteiger partial charge on any atom is -0.477 e. The number of aromatic carboxylic acids is 1. The fraction of sp³-hybridized carbons (Fsp3) is 0.333. The van der Waals surface area contributed by atoms with E-state index in [2.05, 4.69) is 25.7 Å². The summed E-state index contributed by atoms with van der Waals surface area (Å²) in [6, 6.07) is 2.41. The van der Waals surface area contributed by atoms with Gasteiger partial charge >= 0.3 is 12.1 Å². The summed E-state index contributed by atoms with van der Waals surface area (Å²) in [6.07, 6.45) is -6.62. The number of rotatable bonds is 3. The van der Waals surface area contributed by atoms with E-state index >= 15 is 0 Å². The van der Waals surface area contributed by atoms with Gasteiger partial charge in [-0.1, -0.05) is 0 Å². The van der Waals surface area contributed by atoms with Gasteiger partial charge in [0, 0.05) is 0 Å². The number of aromatic nitrogens is 1. The molecule has 0 aliphatic rings. The number of carboxylic acids is 1. The molecule has 1 unspecified atom stereocenters. The maximum Gasteiger partial charge on any atom is 0.425 e. The molecule has 1 aromatic heterocycles. The molecule has 0 fully saturated rings. The summed E-state index contributed by atoms with van der Waals surface area (Å²) in [5.74, 6) is -1.75. The fourth-order valence-corrected chi connectivity index (χ4v) is 1.17. The van der Waals surface area contributed by atoms with Gasteiger partial charge < -0.3 is 9.84 Å². The van der Waals surface area contributed by atoms with E-state index in [0.29, 0.717) is 0 Å². The Morgan fingerprint density at radius 1 is 1.53 bits per heavy atom. The van der Waals surface area contributed by atoms with Crippen LogP contribution in [0.25, 0.3) is 0 Å². The molecule has 0 spiro atoms. The van der Waals surface area contributed by atoms with Gasteiger partial charge in [-0.25, -0.2) is 9.78 Å². The van der Waals surface area contributed by atoms with E-state index in [4.69, 9.17) is 5.11 Å². The molecule has 1 rings (SSSR count). The highest BCUT2D eigenvalue weighted by Crippen LogP contribution is 2.28. The van der Waals surface area contributed by atoms with Crippen molar-refractivity contribution < 1.29 is 27.8 Å². The molecule has 1 aromatic rings. The normalized spacial score (nSPS) is 13.2. The molecule has 1 heterocycles. The summed E-state index contributed by atoms with van der Waals surface area (Å²) in [6.45, 7) is 0.807. The average molecular weight is 314 g/mol. The van der Waals surface area contributed by atoms with Crippen molar-refractivity contribution in [2.24, 2.45) is 0 Å². The average Bonchev–Trinajstić information content (AvgIpc) is 2.19. The van der Waals surface area contributed by atoms with Crippen LogP contribution in [0.15, 0.2) is 16.6 Å². The summed E-state index contributed by atoms with van der Waals surface area (Å²) in [5.41, 5.74) is -0.391. The van der Waals surface area contributed by atoms with Gasteiger partial charge in [-0.05, 0) is 35.0 Å². The summed E-state index contributed by atoms with van der Waals surface area (Å²) in [4.78, 5) is 14.0. The molecule has 0 amide bonds. The third-order valence-electron chi connectivity index (χ3n) is 1.78. The van der Waals surface area contributed by atoms with Crippen LogP contribution < -0.4 is 4.74 Å². The number of nitrogens with zero attached hydrogens (tertiary/aromatic N) is 1. The van der Waals surface area contributed by atoms with Gasteiger partial charge in [-0.2, -0.15) is 13.2 Å². The number of alkyl halides is 3. The fourth-order valence-electron chi connectivity index (χ4n) is 0.859. The van der Waals surface area contributed by atoms with E-state index in [1.165, 1.54) is 6.07 Å². The van der Waals surface area contributed by atoms with E-state index in [1.54, 1.807) is 0 Å². The molecular weight excluding hydrogens is 307 g/mol. The molecule has 1 N–H and O–H groups in total. The van der Waals surface area contributed by atoms with Crippen LogP contribution in [0.2, 0.25) is 0 Å². The van der Waals surface area contributed by atoms with Crippen molar-refractivity contribution in [1.29, 1.82) is 0 Å². The predicted octanol–water partition coefficient (Wildman–Crippen LogP) is 2.87. The Bertz CT molecular complexity index is 436. The third-order valence-corrected chi connectivity index (χ3v) is 2.39. The van der Waals surface area contributed by atoms with Crippen molar-refractivity contribution in [3.8, 4) is 5.88 Å². The second-order valence-corrected chi connectivity index (χ2v) is 3.94. The van der Waals surface area contributed by atoms with E-state index < -0.39 is 29.8 Å². The van der Waals surface area contributed by atoms with E-state index in [9.17, 15) is 18.0 Å². The van der Waals surface area contributed by atoms with Crippen LogP contribution in [-0.4, -0.2) is 28.3 Å². The summed E-state index contributed by atoms with van der Waals surface area (Å²) in [7, 11) is 0. The molecule has 0 aliphatic carbocycles. The maximum absolute atomic E-state index is 12.2. The molecule has 0 bridgehead atoms. The SMILES string of the molecule is CC(Oc1nc(C(=O)O)ccc1Br)C(F)(F)F. The van der Waals surface area contributed by atoms with Crippen LogP contribution in [0.1, 0.15) is 17.4 Å². The molecule has 4 nitrogen and oxygen atoms in total. The second kappa shape index (κ2) is 4.91. The van der Waals surface area contributed by atoms with Gasteiger partial charge in [0.1, 0.15) is 0 Å². The van der Waals surface area contributed by atoms with Crippen molar-refractivity contribution in [2.75, 3.05) is 0 Å². The number of carbonyl (C=O) groups is 1. The minimum absolute atomic E-state index is 0.151. The van der Waals surface area contributed by atoms with Gasteiger partial charge in [0.25, 0.3) is 0 Å². The lowest BCUT2D eigenvalue weighted by Gasteiger charge is -2.17. The first-order valence-electron chi connectivity index (χ1n) is 4.35. The Morgan fingerprint density at radius 2 is 2.12 bits per heavy atom. The first kappa shape index (κ1) is 13.8. The monoisotopic (exact) mass is 313 g/mol. The van der Waals surface area contributed by atoms with Crippen LogP contribution in [-0.2, 0) is 0 Å². The highest BCUT2D eigenvalue weighted by Gasteiger charge is 2.38. The Hall–Kier alpha value is -1.31. The third kappa shape index (κ3) is 3.58. The van der Waals surface area contributed by atoms with Crippen LogP contribution >= 0.6 is 15.9 Å². The van der Waals surface area contributed by atoms with Gasteiger partial charge in [0.15, 0.2) is 11.8 Å². The number of pyridine rings is 1. The van der Waals surface area contributed by atoms with Crippen LogP contribution in [0, 0.1) is 0 Å². The molecular formula is C9H7BrF3NO3. The van der Waals surface area contributed by atoms with Gasteiger partial charge in [-0.15, -0.1) is 0 Å². The molecule has 0 aliphatic heterocycles. The van der Waals surface area contributed by atoms with Crippen molar-refractivity contribution in [3.63, 3.8) is 0 Å². The van der Waals surface area contributed by atoms with Gasteiger partial charge in [0.2, 0.25) is 5.88 Å². The number of halogens is 4. The summed E-state index contributed by atoms with van der Waals surface area (Å²) < 4.78 is 41.4.